The van der Waals surface area contributed by atoms with E-state index in [1.165, 1.54) is 245 Å². The number of likely N-dealkylation sites (tertiary alicyclic amines) is 2. The van der Waals surface area contributed by atoms with Crippen molar-refractivity contribution in [2.24, 2.45) is 69.2 Å². The van der Waals surface area contributed by atoms with Crippen LogP contribution in [-0.2, 0) is 37.9 Å². The lowest BCUT2D eigenvalue weighted by Gasteiger charge is -2.25. The Balaban J connectivity index is -0.0000000996. The molecule has 2 heterocycles. The highest BCUT2D eigenvalue weighted by Gasteiger charge is 2.09. The fraction of sp³-hybridized carbons (Fsp3) is 1.00. The number of nitrogens with zero attached hydrogens (tertiary/aromatic N) is 3. The SMILES string of the molecule is CC(C)CCCNC(C)C.CC(C)CN.CC(C)OCCCN.CCC(O)CN.CCCCCCCCCCCNCCCC.CCCCCNCC.CCCCN.CCCCOCCCC.CCCCOCCCN.CCCCOCCOCCNC.CCN(CC)CCN.CCOCCN.COC(CN)OC.NCCN1CCCC1.NCCN1CCCCC1. The number of methoxy groups -OCH3 is 2. The van der Waals surface area contributed by atoms with E-state index in [-0.39, 0.29) is 12.4 Å². The van der Waals surface area contributed by atoms with E-state index in [0.717, 1.165) is 183 Å². The van der Waals surface area contributed by atoms with Gasteiger partial charge >= 0.3 is 0 Å². The fourth-order valence-corrected chi connectivity index (χ4v) is 10.0. The van der Waals surface area contributed by atoms with Crippen molar-refractivity contribution in [3.05, 3.63) is 0 Å². The molecular weight excluding hydrogens is 1580 g/mol. The van der Waals surface area contributed by atoms with Crippen molar-refractivity contribution in [1.82, 2.24) is 36.0 Å². The van der Waals surface area contributed by atoms with Crippen LogP contribution in [0.25, 0.3) is 0 Å². The van der Waals surface area contributed by atoms with Gasteiger partial charge in [0.25, 0.3) is 0 Å². The number of aliphatic hydroxyl groups excluding tert-OH is 1. The third-order valence-corrected chi connectivity index (χ3v) is 18.4. The second-order valence-electron chi connectivity index (χ2n) is 32.8. The minimum absolute atomic E-state index is 0.236. The van der Waals surface area contributed by atoms with Gasteiger partial charge in [0.1, 0.15) is 0 Å². The lowest BCUT2D eigenvalue weighted by molar-refractivity contribution is -0.0940. The Labute approximate surface area is 790 Å². The molecule has 0 radical (unpaired) electrons. The third-order valence-electron chi connectivity index (χ3n) is 18.4. The van der Waals surface area contributed by atoms with Gasteiger partial charge < -0.3 is 136 Å². The number of likely N-dealkylation sites (N-methyl/N-ethyl adjacent to an activating group) is 2. The first-order valence-corrected chi connectivity index (χ1v) is 52.1. The van der Waals surface area contributed by atoms with Crippen molar-refractivity contribution in [1.29, 1.82) is 0 Å². The molecule has 0 amide bonds. The molecule has 0 bridgehead atoms. The fourth-order valence-electron chi connectivity index (χ4n) is 10.0. The van der Waals surface area contributed by atoms with Crippen LogP contribution in [-0.4, -0.2) is 302 Å². The first-order chi connectivity index (χ1) is 60.9. The number of piperidine rings is 1. The summed E-state index contributed by atoms with van der Waals surface area (Å²) in [6.45, 7) is 78.4. The minimum Gasteiger partial charge on any atom is -0.392 e. The Bertz CT molecular complexity index is 1480. The van der Waals surface area contributed by atoms with Gasteiger partial charge in [-0.25, -0.2) is 0 Å². The lowest BCUT2D eigenvalue weighted by atomic mass is 10.1. The van der Waals surface area contributed by atoms with Crippen LogP contribution >= 0.6 is 0 Å². The zero-order chi connectivity index (χ0) is 98.2. The summed E-state index contributed by atoms with van der Waals surface area (Å²) in [5.74, 6) is 1.52. The highest BCUT2D eigenvalue weighted by Crippen LogP contribution is 2.10. The second-order valence-corrected chi connectivity index (χ2v) is 32.8. The Hall–Kier alpha value is -1.04. The Morgan fingerprint density at radius 1 is 0.349 bits per heavy atom. The molecule has 0 spiro atoms. The van der Waals surface area contributed by atoms with Gasteiger partial charge in [0, 0.05) is 132 Å². The molecular formula is C100H243N17O9. The average Bonchev–Trinajstić information content (AvgIpc) is 1.45. The van der Waals surface area contributed by atoms with Crippen molar-refractivity contribution < 1.29 is 43.0 Å². The van der Waals surface area contributed by atoms with Crippen molar-refractivity contribution in [3.8, 4) is 0 Å². The zero-order valence-corrected chi connectivity index (χ0v) is 89.8. The molecule has 126 heavy (non-hydrogen) atoms. The van der Waals surface area contributed by atoms with Gasteiger partial charge in [-0.3, -0.25) is 0 Å². The molecule has 1 unspecified atom stereocenters. The number of aliphatic hydroxyl groups is 1. The number of hydrogen-bond acceptors (Lipinski definition) is 26. The van der Waals surface area contributed by atoms with E-state index < -0.39 is 0 Å². The summed E-state index contributed by atoms with van der Waals surface area (Å²) in [5.41, 5.74) is 52.2. The molecule has 0 aliphatic carbocycles. The molecule has 2 fully saturated rings. The number of nitrogens with one attached hydrogen (secondary N) is 4. The van der Waals surface area contributed by atoms with Gasteiger partial charge in [-0.2, -0.15) is 0 Å². The van der Waals surface area contributed by atoms with E-state index in [1.54, 1.807) is 14.2 Å². The van der Waals surface area contributed by atoms with Crippen molar-refractivity contribution in [2.75, 3.05) is 258 Å². The van der Waals surface area contributed by atoms with E-state index in [0.29, 0.717) is 50.9 Å². The topological polar surface area (TPSA) is 412 Å². The normalized spacial score (nSPS) is 12.1. The van der Waals surface area contributed by atoms with Crippen LogP contribution in [0.2, 0.25) is 0 Å². The smallest absolute Gasteiger partial charge is 0.168 e. The summed E-state index contributed by atoms with van der Waals surface area (Å²) < 4.78 is 40.6. The van der Waals surface area contributed by atoms with E-state index in [4.69, 9.17) is 100 Å². The summed E-state index contributed by atoms with van der Waals surface area (Å²) in [7, 11) is 5.03. The molecule has 0 aromatic heterocycles. The summed E-state index contributed by atoms with van der Waals surface area (Å²) in [4.78, 5) is 7.17. The molecule has 26 heteroatoms. The highest BCUT2D eigenvalue weighted by molar-refractivity contribution is 4.66. The van der Waals surface area contributed by atoms with E-state index in [2.05, 4.69) is 154 Å². The molecule has 0 saturated carbocycles. The summed E-state index contributed by atoms with van der Waals surface area (Å²) in [6, 6.07) is 0.646. The third kappa shape index (κ3) is 203. The lowest BCUT2D eigenvalue weighted by Crippen LogP contribution is -2.33. The summed E-state index contributed by atoms with van der Waals surface area (Å²) in [6.07, 6.45) is 43.7. The molecule has 1 atom stereocenters. The molecule has 2 aliphatic heterocycles. The molecule has 0 aromatic rings. The van der Waals surface area contributed by atoms with Gasteiger partial charge in [-0.1, -0.05) is 234 Å². The number of unbranched alkanes of at least 4 members (excludes halogenated alkanes) is 16. The summed E-state index contributed by atoms with van der Waals surface area (Å²) >= 11 is 0. The maximum absolute atomic E-state index is 8.54. The Kier molecular flexibility index (Phi) is 195. The second kappa shape index (κ2) is 161. The monoisotopic (exact) mass is 1830 g/mol. The van der Waals surface area contributed by atoms with Gasteiger partial charge in [-0.05, 0) is 247 Å². The molecule has 782 valence electrons. The highest BCUT2D eigenvalue weighted by atomic mass is 16.7. The van der Waals surface area contributed by atoms with E-state index in [1.807, 2.05) is 34.7 Å². The van der Waals surface area contributed by atoms with Crippen LogP contribution in [0.5, 0.6) is 0 Å². The molecule has 2 rings (SSSR count). The standard InChI is InChI=1S/C15H33N.C9H21NO2.C9H21N.C8H18O.C7H16N2.C7H17NO.C7H17N.C6H14N2.C6H16N2.C6H15NO.C4H11NO2.2C4H11NO.2C4H11N/c1-3-5-7-8-9-10-11-12-13-15-16-14-6-4-2;1-3-4-6-11-8-9-12-7-5-10-2;1-8(2)6-5-7-10-9(3)4;1-3-5-7-9-8-6-4-2;8-4-7-9-5-2-1-3-6-9;1-2-3-6-9-7-4-5-8;1-3-5-6-7-8-4-2;7-3-6-8-4-1-2-5-8;1-3-8(4-2)6-5-7;1-6(2)8-5-3-4-7;1-6-4(3-5)7-2;1-2-6-4-3-5;1-2-4(6)3-5;1-4(2)3-5;1-2-3-4-5/h16H,3-15H2,1-2H3;10H,3-9H2,1-2H3;8-10H,5-7H2,1-4H3;3-8H2,1-2H3;1-8H2;2-8H2,1H3;8H,3-7H2,1-2H3;1-7H2;3-7H2,1-2H3;6H,3-5,7H2,1-2H3;4H,3,5H2,1-2H3;2-5H2,1H3;4,6H,2-3,5H2,1H3;4H,3,5H2,1-2H3;2-5H2,1H3. The van der Waals surface area contributed by atoms with Crippen molar-refractivity contribution in [2.45, 2.75) is 388 Å². The Morgan fingerprint density at radius 3 is 1.04 bits per heavy atom. The number of ether oxygens (including phenoxy) is 8. The maximum Gasteiger partial charge on any atom is 0.168 e. The average molecular weight is 1830 g/mol. The van der Waals surface area contributed by atoms with Gasteiger partial charge in [0.05, 0.1) is 38.6 Å². The first-order valence-electron chi connectivity index (χ1n) is 52.1. The Morgan fingerprint density at radius 2 is 0.738 bits per heavy atom. The summed E-state index contributed by atoms with van der Waals surface area (Å²) in [5, 5.41) is 21.7. The largest absolute Gasteiger partial charge is 0.392 e. The van der Waals surface area contributed by atoms with E-state index >= 15 is 0 Å². The maximum atomic E-state index is 8.54. The predicted molar refractivity (Wildman–Crippen MR) is 562 cm³/mol. The van der Waals surface area contributed by atoms with E-state index in [9.17, 15) is 0 Å². The van der Waals surface area contributed by atoms with Crippen molar-refractivity contribution in [3.63, 3.8) is 0 Å². The number of hydrogen-bond donors (Lipinski definition) is 15. The van der Waals surface area contributed by atoms with Crippen LogP contribution in [0, 0.1) is 11.8 Å². The molecule has 26 nitrogen and oxygen atoms in total. The van der Waals surface area contributed by atoms with Gasteiger partial charge in [-0.15, -0.1) is 0 Å². The molecule has 2 saturated heterocycles. The molecule has 2 aliphatic rings. The van der Waals surface area contributed by atoms with Crippen molar-refractivity contribution >= 4 is 0 Å². The minimum atomic E-state index is -0.287. The zero-order valence-electron chi connectivity index (χ0n) is 89.8. The van der Waals surface area contributed by atoms with Crippen LogP contribution < -0.4 is 78.6 Å². The van der Waals surface area contributed by atoms with Crippen LogP contribution in [0.3, 0.4) is 0 Å². The molecule has 25 N–H and O–H groups in total. The van der Waals surface area contributed by atoms with Crippen LogP contribution in [0.4, 0.5) is 0 Å². The number of nitrogens with two attached hydrogens (primary N) is 10. The molecule has 0 aromatic carbocycles. The number of rotatable bonds is 67. The van der Waals surface area contributed by atoms with Crippen LogP contribution in [0.1, 0.15) is 364 Å². The quantitative estimate of drug-likeness (QED) is 0.0199. The van der Waals surface area contributed by atoms with Gasteiger partial charge in [0.15, 0.2) is 6.29 Å². The van der Waals surface area contributed by atoms with Gasteiger partial charge in [0.2, 0.25) is 0 Å². The predicted octanol–water partition coefficient (Wildman–Crippen LogP) is 16.0. The van der Waals surface area contributed by atoms with Crippen LogP contribution in [0.15, 0.2) is 0 Å². The first kappa shape index (κ1) is 153.